The van der Waals surface area contributed by atoms with E-state index in [1.54, 1.807) is 0 Å². The molecule has 0 aromatic heterocycles. The second-order valence-electron chi connectivity index (χ2n) is 3.77. The summed E-state index contributed by atoms with van der Waals surface area (Å²) in [5.41, 5.74) is 1.76. The molecule has 1 aromatic carbocycles. The van der Waals surface area contributed by atoms with Crippen LogP contribution in [-0.4, -0.2) is 37.4 Å². The molecule has 3 nitrogen and oxygen atoms in total. The number of Topliss-reactive ketones (excluding diaryl/α,β-unsaturated/α-hetero) is 1. The molecule has 1 N–H and O–H groups in total. The van der Waals surface area contributed by atoms with Gasteiger partial charge in [0.25, 0.3) is 0 Å². The van der Waals surface area contributed by atoms with E-state index >= 15 is 0 Å². The van der Waals surface area contributed by atoms with Crippen molar-refractivity contribution in [3.05, 3.63) is 29.8 Å². The molecular formula is C11H14N2O. The predicted octanol–water partition coefficient (Wildman–Crippen LogP) is 1.22. The summed E-state index contributed by atoms with van der Waals surface area (Å²) in [5, 5.41) is 3.26. The Morgan fingerprint density at radius 2 is 2.07 bits per heavy atom. The fourth-order valence-electron chi connectivity index (χ4n) is 1.75. The smallest absolute Gasteiger partial charge is 0.183 e. The second kappa shape index (κ2) is 3.42. The lowest BCUT2D eigenvalue weighted by molar-refractivity contribution is 0.0880. The second-order valence-corrected chi connectivity index (χ2v) is 3.77. The Kier molecular flexibility index (Phi) is 2.25. The Morgan fingerprint density at radius 1 is 1.36 bits per heavy atom. The molecular weight excluding hydrogens is 176 g/mol. The van der Waals surface area contributed by atoms with E-state index in [4.69, 9.17) is 0 Å². The lowest BCUT2D eigenvalue weighted by Crippen LogP contribution is -2.44. The average molecular weight is 190 g/mol. The molecule has 0 aliphatic carbocycles. The highest BCUT2D eigenvalue weighted by Gasteiger charge is 2.27. The number of fused-ring (bicyclic) bond motifs is 1. The number of ketones is 1. The van der Waals surface area contributed by atoms with Gasteiger partial charge in [-0.3, -0.25) is 9.69 Å². The van der Waals surface area contributed by atoms with Crippen LogP contribution in [0.1, 0.15) is 10.4 Å². The van der Waals surface area contributed by atoms with Gasteiger partial charge in [-0.2, -0.15) is 0 Å². The van der Waals surface area contributed by atoms with E-state index < -0.39 is 0 Å². The van der Waals surface area contributed by atoms with E-state index in [1.807, 2.05) is 43.3 Å². The van der Waals surface area contributed by atoms with Crippen molar-refractivity contribution in [2.45, 2.75) is 6.04 Å². The molecule has 0 spiro atoms. The van der Waals surface area contributed by atoms with Gasteiger partial charge in [-0.15, -0.1) is 0 Å². The van der Waals surface area contributed by atoms with E-state index in [9.17, 15) is 4.79 Å². The van der Waals surface area contributed by atoms with Crippen LogP contribution >= 0.6 is 0 Å². The van der Waals surface area contributed by atoms with Crippen LogP contribution in [0.25, 0.3) is 0 Å². The predicted molar refractivity (Wildman–Crippen MR) is 56.7 cm³/mol. The molecule has 74 valence electrons. The van der Waals surface area contributed by atoms with E-state index in [0.717, 1.165) is 11.3 Å². The van der Waals surface area contributed by atoms with Gasteiger partial charge in [0.05, 0.1) is 6.04 Å². The largest absolute Gasteiger partial charge is 0.382 e. The number of benzene rings is 1. The van der Waals surface area contributed by atoms with Crippen molar-refractivity contribution in [2.75, 3.05) is 26.0 Å². The van der Waals surface area contributed by atoms with Crippen molar-refractivity contribution >= 4 is 11.5 Å². The summed E-state index contributed by atoms with van der Waals surface area (Å²) in [6.07, 6.45) is 0. The molecule has 1 heterocycles. The maximum absolute atomic E-state index is 12.0. The van der Waals surface area contributed by atoms with Crippen molar-refractivity contribution in [3.63, 3.8) is 0 Å². The Morgan fingerprint density at radius 3 is 2.79 bits per heavy atom. The van der Waals surface area contributed by atoms with Gasteiger partial charge in [-0.05, 0) is 26.2 Å². The maximum Gasteiger partial charge on any atom is 0.183 e. The number of para-hydroxylation sites is 1. The van der Waals surface area contributed by atoms with Gasteiger partial charge < -0.3 is 5.32 Å². The van der Waals surface area contributed by atoms with Gasteiger partial charge in [0, 0.05) is 17.8 Å². The van der Waals surface area contributed by atoms with Crippen LogP contribution in [0.15, 0.2) is 24.3 Å². The van der Waals surface area contributed by atoms with E-state index in [2.05, 4.69) is 5.32 Å². The molecule has 0 saturated carbocycles. The number of hydrogen-bond acceptors (Lipinski definition) is 3. The fraction of sp³-hybridized carbons (Fsp3) is 0.364. The summed E-state index contributed by atoms with van der Waals surface area (Å²) in [6, 6.07) is 7.62. The van der Waals surface area contributed by atoms with Crippen molar-refractivity contribution in [1.29, 1.82) is 0 Å². The van der Waals surface area contributed by atoms with Gasteiger partial charge >= 0.3 is 0 Å². The molecule has 1 aliphatic rings. The molecule has 3 heteroatoms. The zero-order valence-electron chi connectivity index (χ0n) is 8.45. The first-order valence-electron chi connectivity index (χ1n) is 4.73. The van der Waals surface area contributed by atoms with E-state index in [0.29, 0.717) is 6.54 Å². The Bertz CT molecular complexity index is 360. The normalized spacial score (nSPS) is 20.5. The van der Waals surface area contributed by atoms with Crippen molar-refractivity contribution in [1.82, 2.24) is 4.90 Å². The Hall–Kier alpha value is -1.35. The van der Waals surface area contributed by atoms with Crippen LogP contribution in [0, 0.1) is 0 Å². The molecule has 2 rings (SSSR count). The van der Waals surface area contributed by atoms with Crippen LogP contribution in [-0.2, 0) is 0 Å². The lowest BCUT2D eigenvalue weighted by Gasteiger charge is -2.29. The summed E-state index contributed by atoms with van der Waals surface area (Å²) in [4.78, 5) is 13.9. The number of carbonyl (C=O) groups is 1. The average Bonchev–Trinajstić information content (AvgIpc) is 2.18. The number of nitrogens with zero attached hydrogens (tertiary/aromatic N) is 1. The number of anilines is 1. The third kappa shape index (κ3) is 1.40. The van der Waals surface area contributed by atoms with Crippen LogP contribution in [0.2, 0.25) is 0 Å². The maximum atomic E-state index is 12.0. The van der Waals surface area contributed by atoms with Gasteiger partial charge in [0.1, 0.15) is 0 Å². The van der Waals surface area contributed by atoms with Gasteiger partial charge in [-0.25, -0.2) is 0 Å². The van der Waals surface area contributed by atoms with Crippen LogP contribution in [0.5, 0.6) is 0 Å². The zero-order valence-corrected chi connectivity index (χ0v) is 8.45. The Balaban J connectivity index is 2.37. The minimum absolute atomic E-state index is 0.0371. The zero-order chi connectivity index (χ0) is 10.1. The number of likely N-dealkylation sites (N-methyl/N-ethyl adjacent to an activating group) is 1. The first-order valence-corrected chi connectivity index (χ1v) is 4.73. The Labute approximate surface area is 83.7 Å². The first-order chi connectivity index (χ1) is 6.70. The third-order valence-electron chi connectivity index (χ3n) is 2.60. The summed E-state index contributed by atoms with van der Waals surface area (Å²) in [7, 11) is 3.86. The molecule has 0 bridgehead atoms. The van der Waals surface area contributed by atoms with Crippen molar-refractivity contribution in [2.24, 2.45) is 0 Å². The minimum atomic E-state index is -0.0371. The highest BCUT2D eigenvalue weighted by molar-refractivity contribution is 6.06. The van der Waals surface area contributed by atoms with Crippen molar-refractivity contribution in [3.8, 4) is 0 Å². The number of hydrogen-bond donors (Lipinski definition) is 1. The standard InChI is InChI=1S/C11H14N2O/c1-13(2)10-7-12-9-6-4-3-5-8(9)11(10)14/h3-6,10,12H,7H2,1-2H3. The number of rotatable bonds is 1. The first kappa shape index (κ1) is 9.21. The third-order valence-corrected chi connectivity index (χ3v) is 2.60. The highest BCUT2D eigenvalue weighted by Crippen LogP contribution is 2.22. The van der Waals surface area contributed by atoms with E-state index in [1.165, 1.54) is 0 Å². The summed E-state index contributed by atoms with van der Waals surface area (Å²) in [5.74, 6) is 0.212. The molecule has 14 heavy (non-hydrogen) atoms. The molecule has 1 atom stereocenters. The van der Waals surface area contributed by atoms with Gasteiger partial charge in [0.15, 0.2) is 5.78 Å². The molecule has 1 aromatic rings. The number of nitrogens with one attached hydrogen (secondary N) is 1. The van der Waals surface area contributed by atoms with E-state index in [-0.39, 0.29) is 11.8 Å². The molecule has 0 amide bonds. The van der Waals surface area contributed by atoms with Crippen LogP contribution in [0.4, 0.5) is 5.69 Å². The lowest BCUT2D eigenvalue weighted by atomic mass is 9.97. The number of carbonyl (C=O) groups excluding carboxylic acids is 1. The minimum Gasteiger partial charge on any atom is -0.382 e. The summed E-state index contributed by atoms with van der Waals surface area (Å²) >= 11 is 0. The quantitative estimate of drug-likeness (QED) is 0.722. The molecule has 1 unspecified atom stereocenters. The molecule has 1 aliphatic heterocycles. The van der Waals surface area contributed by atoms with Crippen LogP contribution < -0.4 is 5.32 Å². The molecule has 0 saturated heterocycles. The topological polar surface area (TPSA) is 32.3 Å². The molecule has 0 radical (unpaired) electrons. The van der Waals surface area contributed by atoms with Gasteiger partial charge in [-0.1, -0.05) is 12.1 Å². The fourth-order valence-corrected chi connectivity index (χ4v) is 1.75. The monoisotopic (exact) mass is 190 g/mol. The summed E-state index contributed by atoms with van der Waals surface area (Å²) in [6.45, 7) is 0.697. The molecule has 0 fully saturated rings. The van der Waals surface area contributed by atoms with Crippen molar-refractivity contribution < 1.29 is 4.79 Å². The SMILES string of the molecule is CN(C)C1CNc2ccccc2C1=O. The van der Waals surface area contributed by atoms with Gasteiger partial charge in [0.2, 0.25) is 0 Å². The van der Waals surface area contributed by atoms with Crippen LogP contribution in [0.3, 0.4) is 0 Å². The summed E-state index contributed by atoms with van der Waals surface area (Å²) < 4.78 is 0. The highest BCUT2D eigenvalue weighted by atomic mass is 16.1.